The number of aromatic nitrogens is 2. The number of ether oxygens (including phenoxy) is 2. The predicted octanol–water partition coefficient (Wildman–Crippen LogP) is 0.746. The van der Waals surface area contributed by atoms with E-state index in [0.717, 1.165) is 6.54 Å². The van der Waals surface area contributed by atoms with Crippen LogP contribution >= 0.6 is 0 Å². The van der Waals surface area contributed by atoms with Crippen LogP contribution in [0.3, 0.4) is 0 Å². The normalized spacial score (nSPS) is 18.0. The molecule has 0 radical (unpaired) electrons. The van der Waals surface area contributed by atoms with E-state index in [-0.39, 0.29) is 25.2 Å². The number of carbonyl (C=O) groups is 1. The Hall–Kier alpha value is -2.58. The number of nitrogens with zero attached hydrogens (tertiary/aromatic N) is 3. The van der Waals surface area contributed by atoms with Gasteiger partial charge in [-0.3, -0.25) is 9.89 Å². The van der Waals surface area contributed by atoms with Gasteiger partial charge >= 0.3 is 0 Å². The Kier molecular flexibility index (Phi) is 5.75. The first-order valence-electron chi connectivity index (χ1n) is 8.53. The molecule has 140 valence electrons. The van der Waals surface area contributed by atoms with Gasteiger partial charge in [0.1, 0.15) is 6.61 Å². The summed E-state index contributed by atoms with van der Waals surface area (Å²) in [5.74, 6) is 1.08. The molecule has 0 saturated carbocycles. The number of methoxy groups -OCH3 is 1. The van der Waals surface area contributed by atoms with Gasteiger partial charge in [0.25, 0.3) is 5.91 Å². The number of carbonyl (C=O) groups excluding carboxylic acids is 1. The Morgan fingerprint density at radius 1 is 1.35 bits per heavy atom. The Bertz CT molecular complexity index is 748. The van der Waals surface area contributed by atoms with E-state index in [9.17, 15) is 9.90 Å². The minimum Gasteiger partial charge on any atom is -0.493 e. The van der Waals surface area contributed by atoms with Gasteiger partial charge in [-0.25, -0.2) is 0 Å². The molecule has 2 aromatic rings. The molecule has 1 aromatic carbocycles. The number of hydrogen-bond donors (Lipinski definition) is 2. The van der Waals surface area contributed by atoms with E-state index in [2.05, 4.69) is 15.1 Å². The zero-order chi connectivity index (χ0) is 18.5. The van der Waals surface area contributed by atoms with Crippen molar-refractivity contribution in [2.24, 2.45) is 0 Å². The van der Waals surface area contributed by atoms with Crippen LogP contribution < -0.4 is 9.47 Å². The first-order valence-corrected chi connectivity index (χ1v) is 8.53. The van der Waals surface area contributed by atoms with E-state index >= 15 is 0 Å². The molecule has 0 aliphatic carbocycles. The van der Waals surface area contributed by atoms with Gasteiger partial charge in [0.05, 0.1) is 25.5 Å². The fourth-order valence-corrected chi connectivity index (χ4v) is 3.02. The lowest BCUT2D eigenvalue weighted by atomic mass is 10.1. The number of amides is 1. The van der Waals surface area contributed by atoms with Crippen molar-refractivity contribution < 1.29 is 19.4 Å². The molecule has 1 fully saturated rings. The van der Waals surface area contributed by atoms with Gasteiger partial charge < -0.3 is 24.4 Å². The Labute approximate surface area is 152 Å². The number of benzene rings is 1. The maximum atomic E-state index is 12.7. The number of aliphatic hydroxyl groups is 1. The third kappa shape index (κ3) is 3.97. The molecule has 2 heterocycles. The quantitative estimate of drug-likeness (QED) is 0.790. The number of nitrogens with one attached hydrogen (secondary N) is 1. The van der Waals surface area contributed by atoms with Crippen LogP contribution in [0.5, 0.6) is 11.5 Å². The minimum atomic E-state index is -0.216. The average molecular weight is 360 g/mol. The van der Waals surface area contributed by atoms with Crippen molar-refractivity contribution in [3.8, 4) is 11.5 Å². The molecule has 1 aromatic heterocycles. The molecule has 2 N–H and O–H groups in total. The average Bonchev–Trinajstić information content (AvgIpc) is 3.15. The van der Waals surface area contributed by atoms with E-state index < -0.39 is 0 Å². The first-order chi connectivity index (χ1) is 12.6. The van der Waals surface area contributed by atoms with Gasteiger partial charge in [0, 0.05) is 19.6 Å². The van der Waals surface area contributed by atoms with Crippen molar-refractivity contribution in [2.45, 2.75) is 12.6 Å². The Morgan fingerprint density at radius 2 is 2.12 bits per heavy atom. The number of likely N-dealkylation sites (N-methyl/N-ethyl adjacent to an activating group) is 1. The maximum Gasteiger partial charge on any atom is 0.274 e. The van der Waals surface area contributed by atoms with Crippen molar-refractivity contribution >= 4 is 5.91 Å². The van der Waals surface area contributed by atoms with Crippen molar-refractivity contribution in [2.75, 3.05) is 40.4 Å². The molecule has 1 saturated heterocycles. The van der Waals surface area contributed by atoms with Crippen LogP contribution in [-0.4, -0.2) is 77.5 Å². The Morgan fingerprint density at radius 3 is 2.85 bits per heavy atom. The van der Waals surface area contributed by atoms with Crippen LogP contribution in [0.15, 0.2) is 30.3 Å². The molecule has 8 nitrogen and oxygen atoms in total. The van der Waals surface area contributed by atoms with E-state index in [0.29, 0.717) is 36.0 Å². The van der Waals surface area contributed by atoms with E-state index in [1.807, 2.05) is 31.3 Å². The lowest BCUT2D eigenvalue weighted by Crippen LogP contribution is -2.55. The molecule has 1 aliphatic heterocycles. The second-order valence-electron chi connectivity index (χ2n) is 6.32. The Balaban J connectivity index is 1.64. The van der Waals surface area contributed by atoms with E-state index in [1.54, 1.807) is 18.1 Å². The highest BCUT2D eigenvalue weighted by Gasteiger charge is 2.30. The summed E-state index contributed by atoms with van der Waals surface area (Å²) in [4.78, 5) is 16.5. The lowest BCUT2D eigenvalue weighted by molar-refractivity contribution is 0.0351. The molecule has 0 spiro atoms. The zero-order valence-electron chi connectivity index (χ0n) is 15.0. The van der Waals surface area contributed by atoms with Crippen molar-refractivity contribution in [1.29, 1.82) is 0 Å². The fraction of sp³-hybridized carbons (Fsp3) is 0.444. The number of aliphatic hydroxyl groups excluding tert-OH is 1. The summed E-state index contributed by atoms with van der Waals surface area (Å²) in [7, 11) is 3.56. The van der Waals surface area contributed by atoms with Crippen LogP contribution in [0, 0.1) is 0 Å². The van der Waals surface area contributed by atoms with Gasteiger partial charge in [-0.05, 0) is 25.2 Å². The van der Waals surface area contributed by atoms with Gasteiger partial charge in [-0.1, -0.05) is 12.1 Å². The third-order valence-electron chi connectivity index (χ3n) is 4.46. The molecule has 1 amide bonds. The molecule has 8 heteroatoms. The van der Waals surface area contributed by atoms with Crippen molar-refractivity contribution in [3.63, 3.8) is 0 Å². The number of H-pyrrole nitrogens is 1. The van der Waals surface area contributed by atoms with Gasteiger partial charge in [-0.15, -0.1) is 0 Å². The van der Waals surface area contributed by atoms with Gasteiger partial charge in [0.15, 0.2) is 17.2 Å². The molecule has 0 bridgehead atoms. The third-order valence-corrected chi connectivity index (χ3v) is 4.46. The summed E-state index contributed by atoms with van der Waals surface area (Å²) in [6.07, 6.45) is 0. The predicted molar refractivity (Wildman–Crippen MR) is 95.3 cm³/mol. The summed E-state index contributed by atoms with van der Waals surface area (Å²) in [5, 5.41) is 16.5. The van der Waals surface area contributed by atoms with Gasteiger partial charge in [-0.2, -0.15) is 5.10 Å². The number of rotatable bonds is 6. The van der Waals surface area contributed by atoms with Gasteiger partial charge in [0.2, 0.25) is 0 Å². The number of piperazine rings is 1. The SMILES string of the molecule is COc1ccccc1OCc1cc(C(=O)N2CCN(C)C[C@@H]2CO)n[nH]1. The summed E-state index contributed by atoms with van der Waals surface area (Å²) in [6.45, 7) is 2.17. The molecule has 1 atom stereocenters. The summed E-state index contributed by atoms with van der Waals surface area (Å²) >= 11 is 0. The standard InChI is InChI=1S/C18H24N4O4/c1-21-7-8-22(14(10-21)11-23)18(24)15-9-13(19-20-15)12-26-17-6-4-3-5-16(17)25-2/h3-6,9,14,23H,7-8,10-12H2,1-2H3,(H,19,20)/t14-/m1/s1. The number of para-hydroxylation sites is 2. The maximum absolute atomic E-state index is 12.7. The van der Waals surface area contributed by atoms with E-state index in [4.69, 9.17) is 9.47 Å². The van der Waals surface area contributed by atoms with Crippen LogP contribution in [-0.2, 0) is 6.61 Å². The van der Waals surface area contributed by atoms with E-state index in [1.165, 1.54) is 0 Å². The summed E-state index contributed by atoms with van der Waals surface area (Å²) in [5.41, 5.74) is 1.01. The highest BCUT2D eigenvalue weighted by Crippen LogP contribution is 2.26. The molecular formula is C18H24N4O4. The lowest BCUT2D eigenvalue weighted by Gasteiger charge is -2.38. The zero-order valence-corrected chi connectivity index (χ0v) is 15.0. The highest BCUT2D eigenvalue weighted by atomic mass is 16.5. The number of aromatic amines is 1. The molecule has 26 heavy (non-hydrogen) atoms. The van der Waals surface area contributed by atoms with Crippen LogP contribution in [0.25, 0.3) is 0 Å². The minimum absolute atomic E-state index is 0.0652. The molecular weight excluding hydrogens is 336 g/mol. The van der Waals surface area contributed by atoms with Crippen LogP contribution in [0.2, 0.25) is 0 Å². The number of hydrogen-bond acceptors (Lipinski definition) is 6. The van der Waals surface area contributed by atoms with Crippen LogP contribution in [0.1, 0.15) is 16.2 Å². The highest BCUT2D eigenvalue weighted by molar-refractivity contribution is 5.92. The fourth-order valence-electron chi connectivity index (χ4n) is 3.02. The second-order valence-corrected chi connectivity index (χ2v) is 6.32. The molecule has 1 aliphatic rings. The monoisotopic (exact) mass is 360 g/mol. The summed E-state index contributed by atoms with van der Waals surface area (Å²) < 4.78 is 11.0. The summed E-state index contributed by atoms with van der Waals surface area (Å²) in [6, 6.07) is 8.84. The van der Waals surface area contributed by atoms with Crippen molar-refractivity contribution in [3.05, 3.63) is 41.7 Å². The molecule has 0 unspecified atom stereocenters. The first kappa shape index (κ1) is 18.2. The molecule has 3 rings (SSSR count). The van der Waals surface area contributed by atoms with Crippen molar-refractivity contribution in [1.82, 2.24) is 20.0 Å². The smallest absolute Gasteiger partial charge is 0.274 e. The topological polar surface area (TPSA) is 90.9 Å². The largest absolute Gasteiger partial charge is 0.493 e. The second kappa shape index (κ2) is 8.20. The van der Waals surface area contributed by atoms with Crippen LogP contribution in [0.4, 0.5) is 0 Å².